The topological polar surface area (TPSA) is 81.1 Å². The van der Waals surface area contributed by atoms with Crippen LogP contribution in [0.4, 0.5) is 0 Å². The number of aliphatic imine (C=N–C) groups is 1. The molecule has 0 fully saturated rings. The van der Waals surface area contributed by atoms with E-state index in [4.69, 9.17) is 28.9 Å². The van der Waals surface area contributed by atoms with Crippen molar-refractivity contribution >= 4 is 29.2 Å². The zero-order valence-electron chi connectivity index (χ0n) is 11.7. The number of hydrogen-bond donors (Lipinski definition) is 2. The molecule has 1 unspecified atom stereocenters. The highest BCUT2D eigenvalue weighted by Gasteiger charge is 2.10. The summed E-state index contributed by atoms with van der Waals surface area (Å²) >= 11 is 12.0. The zero-order valence-corrected chi connectivity index (χ0v) is 13.2. The van der Waals surface area contributed by atoms with Gasteiger partial charge in [0.2, 0.25) is 0 Å². The molecule has 0 aliphatic carbocycles. The fourth-order valence-corrected chi connectivity index (χ4v) is 2.39. The Morgan fingerprint density at radius 1 is 1.48 bits per heavy atom. The van der Waals surface area contributed by atoms with Crippen molar-refractivity contribution in [1.29, 1.82) is 0 Å². The van der Waals surface area contributed by atoms with Crippen LogP contribution in [0, 0.1) is 0 Å². The van der Waals surface area contributed by atoms with Gasteiger partial charge in [-0.25, -0.2) is 9.98 Å². The summed E-state index contributed by atoms with van der Waals surface area (Å²) in [4.78, 5) is 8.31. The first kappa shape index (κ1) is 15.6. The number of nitrogens with zero attached hydrogens (tertiary/aromatic N) is 4. The van der Waals surface area contributed by atoms with E-state index in [0.29, 0.717) is 22.5 Å². The maximum absolute atomic E-state index is 6.16. The molecule has 8 heteroatoms. The van der Waals surface area contributed by atoms with E-state index in [-0.39, 0.29) is 6.04 Å². The molecule has 2 aromatic rings. The van der Waals surface area contributed by atoms with Crippen LogP contribution in [0.1, 0.15) is 24.4 Å². The molecule has 1 aromatic heterocycles. The smallest absolute Gasteiger partial charge is 0.189 e. The predicted molar refractivity (Wildman–Crippen MR) is 84.3 cm³/mol. The molecule has 0 spiro atoms. The van der Waals surface area contributed by atoms with Crippen LogP contribution in [0.3, 0.4) is 0 Å². The van der Waals surface area contributed by atoms with E-state index in [1.807, 2.05) is 13.0 Å². The van der Waals surface area contributed by atoms with E-state index >= 15 is 0 Å². The van der Waals surface area contributed by atoms with Crippen molar-refractivity contribution in [2.45, 2.75) is 19.5 Å². The number of halogens is 2. The van der Waals surface area contributed by atoms with Gasteiger partial charge in [-0.05, 0) is 24.6 Å². The molecule has 21 heavy (non-hydrogen) atoms. The second-order valence-corrected chi connectivity index (χ2v) is 5.38. The van der Waals surface area contributed by atoms with Crippen LogP contribution in [-0.2, 0) is 13.6 Å². The Kier molecular flexibility index (Phi) is 5.03. The first-order valence-electron chi connectivity index (χ1n) is 6.31. The summed E-state index contributed by atoms with van der Waals surface area (Å²) in [6.45, 7) is 2.30. The average Bonchev–Trinajstić information content (AvgIpc) is 2.81. The van der Waals surface area contributed by atoms with Crippen molar-refractivity contribution in [3.8, 4) is 0 Å². The van der Waals surface area contributed by atoms with Crippen LogP contribution in [0.25, 0.3) is 0 Å². The number of aromatic nitrogens is 3. The number of aryl methyl sites for hydroxylation is 1. The summed E-state index contributed by atoms with van der Waals surface area (Å²) in [7, 11) is 1.80. The summed E-state index contributed by atoms with van der Waals surface area (Å²) in [5, 5.41) is 8.23. The molecule has 0 aliphatic rings. The molecule has 0 bridgehead atoms. The Hall–Kier alpha value is -1.79. The van der Waals surface area contributed by atoms with Crippen LogP contribution in [-0.4, -0.2) is 20.7 Å². The third-order valence-corrected chi connectivity index (χ3v) is 3.55. The van der Waals surface area contributed by atoms with Crippen molar-refractivity contribution in [1.82, 2.24) is 20.1 Å². The van der Waals surface area contributed by atoms with Gasteiger partial charge in [0.25, 0.3) is 0 Å². The summed E-state index contributed by atoms with van der Waals surface area (Å²) in [5.74, 6) is 1.05. The van der Waals surface area contributed by atoms with Crippen molar-refractivity contribution in [3.63, 3.8) is 0 Å². The third-order valence-electron chi connectivity index (χ3n) is 2.99. The number of hydrogen-bond acceptors (Lipinski definition) is 3. The Morgan fingerprint density at radius 3 is 2.86 bits per heavy atom. The van der Waals surface area contributed by atoms with Gasteiger partial charge >= 0.3 is 0 Å². The van der Waals surface area contributed by atoms with E-state index in [2.05, 4.69) is 20.4 Å². The molecule has 0 amide bonds. The molecule has 112 valence electrons. The highest BCUT2D eigenvalue weighted by molar-refractivity contribution is 6.35. The minimum absolute atomic E-state index is 0.0852. The lowest BCUT2D eigenvalue weighted by molar-refractivity contribution is 0.687. The third kappa shape index (κ3) is 4.09. The fraction of sp³-hybridized carbons (Fsp3) is 0.308. The fourth-order valence-electron chi connectivity index (χ4n) is 1.82. The van der Waals surface area contributed by atoms with Gasteiger partial charge in [0, 0.05) is 17.1 Å². The van der Waals surface area contributed by atoms with E-state index in [1.165, 1.54) is 6.33 Å². The number of rotatable bonds is 4. The summed E-state index contributed by atoms with van der Waals surface area (Å²) in [5.41, 5.74) is 6.77. The molecule has 3 N–H and O–H groups in total. The van der Waals surface area contributed by atoms with Crippen molar-refractivity contribution < 1.29 is 0 Å². The van der Waals surface area contributed by atoms with Gasteiger partial charge in [-0.1, -0.05) is 29.3 Å². The minimum Gasteiger partial charge on any atom is -0.370 e. The molecule has 6 nitrogen and oxygen atoms in total. The molecule has 0 radical (unpaired) electrons. The maximum atomic E-state index is 6.16. The molecule has 2 rings (SSSR count). The number of nitrogens with one attached hydrogen (secondary N) is 1. The number of benzene rings is 1. The normalized spacial score (nSPS) is 13.2. The Morgan fingerprint density at radius 2 is 2.24 bits per heavy atom. The van der Waals surface area contributed by atoms with Crippen LogP contribution >= 0.6 is 23.2 Å². The highest BCUT2D eigenvalue weighted by atomic mass is 35.5. The lowest BCUT2D eigenvalue weighted by Crippen LogP contribution is -2.34. The first-order valence-corrected chi connectivity index (χ1v) is 7.07. The van der Waals surface area contributed by atoms with Crippen molar-refractivity contribution in [2.24, 2.45) is 17.8 Å². The Bertz CT molecular complexity index is 652. The molecule has 1 aromatic carbocycles. The Balaban J connectivity index is 2.01. The van der Waals surface area contributed by atoms with Crippen LogP contribution < -0.4 is 11.1 Å². The Labute approximate surface area is 133 Å². The van der Waals surface area contributed by atoms with Gasteiger partial charge in [-0.15, -0.1) is 0 Å². The number of guanidine groups is 1. The molecular weight excluding hydrogens is 311 g/mol. The van der Waals surface area contributed by atoms with Gasteiger partial charge < -0.3 is 11.1 Å². The van der Waals surface area contributed by atoms with Crippen LogP contribution in [0.15, 0.2) is 29.5 Å². The zero-order chi connectivity index (χ0) is 15.4. The lowest BCUT2D eigenvalue weighted by Gasteiger charge is -2.16. The quantitative estimate of drug-likeness (QED) is 0.667. The van der Waals surface area contributed by atoms with Gasteiger partial charge in [0.15, 0.2) is 5.96 Å². The largest absolute Gasteiger partial charge is 0.370 e. The second kappa shape index (κ2) is 6.78. The van der Waals surface area contributed by atoms with E-state index in [0.717, 1.165) is 11.4 Å². The van der Waals surface area contributed by atoms with E-state index < -0.39 is 0 Å². The second-order valence-electron chi connectivity index (χ2n) is 4.53. The van der Waals surface area contributed by atoms with Crippen LogP contribution in [0.2, 0.25) is 10.0 Å². The maximum Gasteiger partial charge on any atom is 0.189 e. The van der Waals surface area contributed by atoms with Gasteiger partial charge in [0.1, 0.15) is 18.7 Å². The van der Waals surface area contributed by atoms with E-state index in [1.54, 1.807) is 23.9 Å². The van der Waals surface area contributed by atoms with Gasteiger partial charge in [-0.3, -0.25) is 4.68 Å². The van der Waals surface area contributed by atoms with E-state index in [9.17, 15) is 0 Å². The predicted octanol–water partition coefficient (Wildman–Crippen LogP) is 2.29. The monoisotopic (exact) mass is 326 g/mol. The van der Waals surface area contributed by atoms with Crippen molar-refractivity contribution in [2.75, 3.05) is 0 Å². The van der Waals surface area contributed by atoms with Crippen molar-refractivity contribution in [3.05, 3.63) is 46.0 Å². The molecule has 1 heterocycles. The number of nitrogens with two attached hydrogens (primary N) is 1. The molecule has 0 aliphatic heterocycles. The highest BCUT2D eigenvalue weighted by Crippen LogP contribution is 2.25. The molecular formula is C13H16Cl2N6. The lowest BCUT2D eigenvalue weighted by atomic mass is 10.1. The molecule has 1 atom stereocenters. The molecule has 0 saturated heterocycles. The standard InChI is InChI=1S/C13H16Cl2N6/c1-8(10-4-3-9(14)5-11(10)15)20-13(16)17-6-12-18-7-19-21(12)2/h3-5,7-8H,6H2,1-2H3,(H3,16,17,20). The summed E-state index contributed by atoms with van der Waals surface area (Å²) in [6, 6.07) is 5.26. The minimum atomic E-state index is -0.0852. The average molecular weight is 327 g/mol. The first-order chi connectivity index (χ1) is 9.97. The summed E-state index contributed by atoms with van der Waals surface area (Å²) in [6.07, 6.45) is 1.48. The molecule has 0 saturated carbocycles. The van der Waals surface area contributed by atoms with Gasteiger partial charge in [-0.2, -0.15) is 5.10 Å². The SMILES string of the molecule is CC(NC(N)=NCc1ncnn1C)c1ccc(Cl)cc1Cl. The van der Waals surface area contributed by atoms with Crippen LogP contribution in [0.5, 0.6) is 0 Å². The van der Waals surface area contributed by atoms with Gasteiger partial charge in [0.05, 0.1) is 6.04 Å². The summed E-state index contributed by atoms with van der Waals surface area (Å²) < 4.78 is 1.65.